The summed E-state index contributed by atoms with van der Waals surface area (Å²) in [6.07, 6.45) is -5.93. The summed E-state index contributed by atoms with van der Waals surface area (Å²) < 4.78 is 51.4. The van der Waals surface area contributed by atoms with Crippen molar-refractivity contribution in [2.24, 2.45) is 17.8 Å². The van der Waals surface area contributed by atoms with Gasteiger partial charge < -0.3 is 63.4 Å². The average molecular weight is 960 g/mol. The van der Waals surface area contributed by atoms with Crippen molar-refractivity contribution in [1.82, 2.24) is 15.2 Å². The fourth-order valence-corrected chi connectivity index (χ4v) is 10.5. The summed E-state index contributed by atoms with van der Waals surface area (Å²) in [5.41, 5.74) is -2.46. The number of benzene rings is 1. The van der Waals surface area contributed by atoms with E-state index in [1.165, 1.54) is 28.1 Å². The van der Waals surface area contributed by atoms with Crippen LogP contribution in [0, 0.1) is 17.8 Å². The van der Waals surface area contributed by atoms with Crippen LogP contribution in [0.25, 0.3) is 10.9 Å². The Morgan fingerprint density at radius 1 is 0.926 bits per heavy atom. The second-order valence-corrected chi connectivity index (χ2v) is 20.6. The molecule has 4 heterocycles. The maximum atomic E-state index is 14.6. The third-order valence-corrected chi connectivity index (χ3v) is 14.8. The number of rotatable bonds is 13. The number of ether oxygens (including phenoxy) is 8. The molecule has 2 aromatic rings. The number of nitrogens with zero attached hydrogens (tertiary/aromatic N) is 2. The summed E-state index contributed by atoms with van der Waals surface area (Å²) in [7, 11) is 6.82. The lowest BCUT2D eigenvalue weighted by molar-refractivity contribution is -0.320. The minimum Gasteiger partial charge on any atom is -0.459 e. The molecule has 1 aromatic heterocycles. The fourth-order valence-electron chi connectivity index (χ4n) is 10.5. The van der Waals surface area contributed by atoms with E-state index < -0.39 is 114 Å². The van der Waals surface area contributed by atoms with E-state index in [9.17, 15) is 29.7 Å². The maximum absolute atomic E-state index is 14.6. The van der Waals surface area contributed by atoms with E-state index >= 15 is 0 Å². The standard InChI is InChI=1S/C51H81N3O14/c1-15-38-51(10,60)43(57)32(6)46(58)53-28(2)25-49(8,61-13)44(68-48-41(56)37(54(11)12)23-29(3)63-48)30(4)42(31(5)47(59)65-38)67-40-26-50(9,62-14)45(33(7)64-40)66-39(55)22-18-19-34-24-35-20-16-17-21-36(35)52-27-34/h16-17,20-21,24,27-33,37-38,40-45,48,56-57,60H,15,18-19,22-23,25-26H2,1-14H3,(H,53,58)/t28-,29-,30+,31-,32-,33+,37+,38-,40+,41-,42+,43-,44-,45+,48+,49-,50-,51-/m1/s1. The number of pyridine rings is 1. The Hall–Kier alpha value is -3.36. The van der Waals surface area contributed by atoms with Gasteiger partial charge in [-0.25, -0.2) is 0 Å². The number of methoxy groups -OCH3 is 2. The molecule has 3 saturated heterocycles. The summed E-state index contributed by atoms with van der Waals surface area (Å²) in [4.78, 5) is 48.2. The molecule has 0 bridgehead atoms. The number of aliphatic hydroxyl groups excluding tert-OH is 2. The number of hydrogen-bond acceptors (Lipinski definition) is 16. The normalized spacial score (nSPS) is 40.2. The third-order valence-electron chi connectivity index (χ3n) is 14.8. The van der Waals surface area contributed by atoms with E-state index in [1.807, 2.05) is 77.2 Å². The number of amides is 1. The number of esters is 2. The highest BCUT2D eigenvalue weighted by molar-refractivity contribution is 5.80. The molecule has 1 aromatic carbocycles. The van der Waals surface area contributed by atoms with Gasteiger partial charge in [0.15, 0.2) is 18.7 Å². The number of likely N-dealkylation sites (N-methyl/N-ethyl adjacent to an activating group) is 1. The molecule has 0 unspecified atom stereocenters. The van der Waals surface area contributed by atoms with Crippen molar-refractivity contribution < 1.29 is 67.6 Å². The van der Waals surface area contributed by atoms with E-state index in [4.69, 9.17) is 37.9 Å². The molecular weight excluding hydrogens is 879 g/mol. The van der Waals surface area contributed by atoms with Gasteiger partial charge in [0.05, 0.1) is 53.5 Å². The Morgan fingerprint density at radius 2 is 1.59 bits per heavy atom. The molecule has 5 rings (SSSR count). The summed E-state index contributed by atoms with van der Waals surface area (Å²) in [5.74, 6) is -4.64. The highest BCUT2D eigenvalue weighted by atomic mass is 16.7. The van der Waals surface area contributed by atoms with E-state index in [0.29, 0.717) is 19.3 Å². The van der Waals surface area contributed by atoms with Gasteiger partial charge in [-0.3, -0.25) is 19.4 Å². The first-order valence-electron chi connectivity index (χ1n) is 24.4. The number of cyclic esters (lactones) is 1. The molecule has 17 nitrogen and oxygen atoms in total. The fraction of sp³-hybridized carbons (Fsp3) is 0.765. The number of carbonyl (C=O) groups excluding carboxylic acids is 3. The molecule has 3 aliphatic rings. The Labute approximate surface area is 403 Å². The Kier molecular flexibility index (Phi) is 19.0. The molecule has 3 fully saturated rings. The van der Waals surface area contributed by atoms with Crippen LogP contribution in [0.4, 0.5) is 0 Å². The lowest BCUT2D eigenvalue weighted by Gasteiger charge is -2.50. The van der Waals surface area contributed by atoms with Crippen molar-refractivity contribution in [3.8, 4) is 0 Å². The van der Waals surface area contributed by atoms with Crippen molar-refractivity contribution in [3.05, 3.63) is 42.1 Å². The summed E-state index contributed by atoms with van der Waals surface area (Å²) >= 11 is 0. The zero-order valence-corrected chi connectivity index (χ0v) is 42.8. The molecule has 3 aliphatic heterocycles. The number of aliphatic hydroxyl groups is 3. The van der Waals surface area contributed by atoms with Crippen molar-refractivity contribution in [3.63, 3.8) is 0 Å². The van der Waals surface area contributed by atoms with Gasteiger partial charge in [0, 0.05) is 56.6 Å². The first-order chi connectivity index (χ1) is 31.9. The Balaban J connectivity index is 1.47. The minimum atomic E-state index is -2.03. The van der Waals surface area contributed by atoms with Crippen molar-refractivity contribution in [1.29, 1.82) is 0 Å². The van der Waals surface area contributed by atoms with Crippen LogP contribution < -0.4 is 5.32 Å². The molecule has 68 heavy (non-hydrogen) atoms. The first kappa shape index (κ1) is 55.6. The zero-order chi connectivity index (χ0) is 50.5. The summed E-state index contributed by atoms with van der Waals surface area (Å²) in [6, 6.07) is 9.07. The van der Waals surface area contributed by atoms with E-state index in [2.05, 4.69) is 16.4 Å². The van der Waals surface area contributed by atoms with Crippen LogP contribution in [0.5, 0.6) is 0 Å². The number of para-hydroxylation sites is 1. The van der Waals surface area contributed by atoms with Crippen molar-refractivity contribution >= 4 is 28.7 Å². The van der Waals surface area contributed by atoms with Gasteiger partial charge in [-0.15, -0.1) is 0 Å². The monoisotopic (exact) mass is 960 g/mol. The number of nitrogens with one attached hydrogen (secondary N) is 1. The maximum Gasteiger partial charge on any atom is 0.311 e. The largest absolute Gasteiger partial charge is 0.459 e. The molecule has 0 spiro atoms. The number of fused-ring (bicyclic) bond motifs is 1. The highest BCUT2D eigenvalue weighted by Crippen LogP contribution is 2.41. The van der Waals surface area contributed by atoms with Gasteiger partial charge in [-0.2, -0.15) is 0 Å². The van der Waals surface area contributed by atoms with Gasteiger partial charge in [-0.05, 0) is 112 Å². The molecule has 1 amide bonds. The topological polar surface area (TPSA) is 214 Å². The van der Waals surface area contributed by atoms with Gasteiger partial charge in [-0.1, -0.05) is 39.0 Å². The second-order valence-electron chi connectivity index (χ2n) is 20.6. The zero-order valence-electron chi connectivity index (χ0n) is 42.8. The molecular formula is C51H81N3O14. The van der Waals surface area contributed by atoms with Crippen LogP contribution in [-0.2, 0) is 58.7 Å². The lowest BCUT2D eigenvalue weighted by Crippen LogP contribution is -2.61. The number of carbonyl (C=O) groups is 3. The quantitative estimate of drug-likeness (QED) is 0.197. The van der Waals surface area contributed by atoms with Gasteiger partial charge in [0.2, 0.25) is 5.91 Å². The molecule has 0 radical (unpaired) electrons. The van der Waals surface area contributed by atoms with Gasteiger partial charge in [0.25, 0.3) is 0 Å². The summed E-state index contributed by atoms with van der Waals surface area (Å²) in [6.45, 7) is 17.2. The molecule has 4 N–H and O–H groups in total. The van der Waals surface area contributed by atoms with Gasteiger partial charge in [0.1, 0.15) is 23.4 Å². The minimum absolute atomic E-state index is 0.0819. The van der Waals surface area contributed by atoms with Crippen molar-refractivity contribution in [2.45, 2.75) is 204 Å². The van der Waals surface area contributed by atoms with Crippen LogP contribution in [0.3, 0.4) is 0 Å². The average Bonchev–Trinajstić information content (AvgIpc) is 3.29. The number of aromatic nitrogens is 1. The molecule has 17 heteroatoms. The number of aryl methyl sites for hydroxylation is 1. The third kappa shape index (κ3) is 12.7. The van der Waals surface area contributed by atoms with Gasteiger partial charge >= 0.3 is 11.9 Å². The van der Waals surface area contributed by atoms with Crippen LogP contribution >= 0.6 is 0 Å². The van der Waals surface area contributed by atoms with Crippen LogP contribution in [0.2, 0.25) is 0 Å². The van der Waals surface area contributed by atoms with Crippen LogP contribution in [0.1, 0.15) is 113 Å². The predicted octanol–water partition coefficient (Wildman–Crippen LogP) is 4.86. The summed E-state index contributed by atoms with van der Waals surface area (Å²) in [5, 5.41) is 39.1. The first-order valence-corrected chi connectivity index (χ1v) is 24.4. The SMILES string of the molecule is CC[C@H]1OC(=O)[C@H](C)[C@@H](O[C@H]2C[C@@](C)(OC)[C@@H](OC(=O)CCCc3cnc4ccccc4c3)[C@H](C)O2)[C@H](C)[C@@H](O[C@@H]2O[C@H](C)C[C@H](N(C)C)[C@H]2O)[C@](C)(OC)C[C@@H](C)NC(=O)[C@H](C)[C@@H](O)[C@]1(C)O. The van der Waals surface area contributed by atoms with Crippen LogP contribution in [-0.4, -0.2) is 162 Å². The van der Waals surface area contributed by atoms with Crippen molar-refractivity contribution in [2.75, 3.05) is 28.3 Å². The molecule has 18 atom stereocenters. The van der Waals surface area contributed by atoms with E-state index in [1.54, 1.807) is 27.7 Å². The number of hydrogen-bond donors (Lipinski definition) is 4. The molecule has 384 valence electrons. The predicted molar refractivity (Wildman–Crippen MR) is 253 cm³/mol. The second kappa shape index (κ2) is 23.2. The van der Waals surface area contributed by atoms with Crippen LogP contribution in [0.15, 0.2) is 36.5 Å². The highest BCUT2D eigenvalue weighted by Gasteiger charge is 2.54. The Morgan fingerprint density at radius 3 is 2.24 bits per heavy atom. The van der Waals surface area contributed by atoms with E-state index in [-0.39, 0.29) is 37.8 Å². The Bertz CT molecular complexity index is 1990. The smallest absolute Gasteiger partial charge is 0.311 e. The van der Waals surface area contributed by atoms with E-state index in [0.717, 1.165) is 16.5 Å². The lowest BCUT2D eigenvalue weighted by atomic mass is 9.78. The molecule has 0 aliphatic carbocycles. The molecule has 0 saturated carbocycles.